The third kappa shape index (κ3) is 4.65. The van der Waals surface area contributed by atoms with Crippen molar-refractivity contribution in [3.05, 3.63) is 71.7 Å². The smallest absolute Gasteiger partial charge is 0.383 e. The van der Waals surface area contributed by atoms with Crippen LogP contribution in [0.5, 0.6) is 0 Å². The molecule has 8 heteroatoms. The Bertz CT molecular complexity index is 1030. The quantitative estimate of drug-likeness (QED) is 0.575. The molecule has 1 aliphatic heterocycles. The van der Waals surface area contributed by atoms with Crippen LogP contribution in [0.15, 0.2) is 54.9 Å². The largest absolute Gasteiger partial charge is 0.416 e. The molecule has 3 heterocycles. The van der Waals surface area contributed by atoms with Gasteiger partial charge in [-0.05, 0) is 36.8 Å². The molecule has 0 saturated carbocycles. The first-order valence-electron chi connectivity index (χ1n) is 10.2. The van der Waals surface area contributed by atoms with E-state index in [9.17, 15) is 13.2 Å². The molecule has 2 atom stereocenters. The summed E-state index contributed by atoms with van der Waals surface area (Å²) in [6, 6.07) is 11.4. The van der Waals surface area contributed by atoms with E-state index in [1.165, 1.54) is 12.1 Å². The molecule has 0 amide bonds. The zero-order valence-electron chi connectivity index (χ0n) is 17.5. The Labute approximate surface area is 179 Å². The Morgan fingerprint density at radius 3 is 2.68 bits per heavy atom. The fourth-order valence-electron chi connectivity index (χ4n) is 4.30. The number of likely N-dealkylation sites (tertiary alicyclic amines) is 1. The van der Waals surface area contributed by atoms with Gasteiger partial charge in [0, 0.05) is 56.3 Å². The summed E-state index contributed by atoms with van der Waals surface area (Å²) in [6.45, 7) is 4.23. The number of aromatic nitrogens is 3. The summed E-state index contributed by atoms with van der Waals surface area (Å²) in [7, 11) is 1.63. The third-order valence-corrected chi connectivity index (χ3v) is 5.78. The van der Waals surface area contributed by atoms with Crippen LogP contribution in [-0.4, -0.2) is 53.0 Å². The van der Waals surface area contributed by atoms with Crippen molar-refractivity contribution in [2.24, 2.45) is 0 Å². The first-order chi connectivity index (χ1) is 14.9. The second kappa shape index (κ2) is 8.80. The minimum Gasteiger partial charge on any atom is -0.383 e. The fraction of sp³-hybridized carbons (Fsp3) is 0.391. The fourth-order valence-corrected chi connectivity index (χ4v) is 4.30. The second-order valence-electron chi connectivity index (χ2n) is 7.88. The lowest BCUT2D eigenvalue weighted by Crippen LogP contribution is -2.25. The Morgan fingerprint density at radius 1 is 1.13 bits per heavy atom. The lowest BCUT2D eigenvalue weighted by molar-refractivity contribution is -0.138. The zero-order valence-corrected chi connectivity index (χ0v) is 17.5. The summed E-state index contributed by atoms with van der Waals surface area (Å²) in [5, 5.41) is 4.74. The van der Waals surface area contributed by atoms with Gasteiger partial charge in [0.05, 0.1) is 23.9 Å². The second-order valence-corrected chi connectivity index (χ2v) is 7.88. The number of hydrogen-bond donors (Lipinski definition) is 0. The van der Waals surface area contributed by atoms with Crippen LogP contribution < -0.4 is 0 Å². The molecule has 1 saturated heterocycles. The number of rotatable bonds is 6. The number of methoxy groups -OCH3 is 1. The number of nitrogens with zero attached hydrogens (tertiary/aromatic N) is 4. The van der Waals surface area contributed by atoms with Crippen LogP contribution in [-0.2, 0) is 10.9 Å². The Hall–Kier alpha value is -2.71. The van der Waals surface area contributed by atoms with Gasteiger partial charge in [0.15, 0.2) is 0 Å². The molecule has 5 nitrogen and oxygen atoms in total. The van der Waals surface area contributed by atoms with Crippen LogP contribution in [0, 0.1) is 6.92 Å². The van der Waals surface area contributed by atoms with Gasteiger partial charge >= 0.3 is 6.18 Å². The molecule has 1 aromatic carbocycles. The number of hydrogen-bond acceptors (Lipinski definition) is 4. The van der Waals surface area contributed by atoms with Crippen molar-refractivity contribution in [1.29, 1.82) is 0 Å². The summed E-state index contributed by atoms with van der Waals surface area (Å²) in [5.41, 5.74) is 2.35. The number of halogens is 3. The van der Waals surface area contributed by atoms with Gasteiger partial charge in [0.25, 0.3) is 0 Å². The number of alkyl halides is 3. The van der Waals surface area contributed by atoms with Gasteiger partial charge in [0.1, 0.15) is 0 Å². The average Bonchev–Trinajstić information content (AvgIpc) is 3.39. The number of ether oxygens (including phenoxy) is 1. The van der Waals surface area contributed by atoms with Gasteiger partial charge in [0.2, 0.25) is 0 Å². The predicted molar refractivity (Wildman–Crippen MR) is 112 cm³/mol. The minimum absolute atomic E-state index is 0.211. The maximum Gasteiger partial charge on any atom is 0.416 e. The van der Waals surface area contributed by atoms with E-state index in [1.807, 2.05) is 36.0 Å². The SMILES string of the molecule is COCCN1C[C@H](c2ccccc2C(F)(F)F)[C@@H](n2ccc(-c3ccnc(C)c3)n2)C1. The van der Waals surface area contributed by atoms with Gasteiger partial charge in [-0.15, -0.1) is 0 Å². The maximum absolute atomic E-state index is 13.7. The standard InChI is InChI=1S/C23H25F3N4O/c1-16-13-17(7-9-27-16)21-8-10-30(28-21)22-15-29(11-12-31-2)14-19(22)18-5-3-4-6-20(18)23(24,25)26/h3-10,13,19,22H,11-12,14-15H2,1-2H3/t19-,22+/m1/s1. The summed E-state index contributed by atoms with van der Waals surface area (Å²) in [4.78, 5) is 6.36. The van der Waals surface area contributed by atoms with E-state index in [4.69, 9.17) is 9.84 Å². The molecule has 164 valence electrons. The Balaban J connectivity index is 1.70. The highest BCUT2D eigenvalue weighted by Gasteiger charge is 2.41. The highest BCUT2D eigenvalue weighted by molar-refractivity contribution is 5.58. The average molecular weight is 430 g/mol. The van der Waals surface area contributed by atoms with E-state index in [0.29, 0.717) is 31.8 Å². The van der Waals surface area contributed by atoms with Crippen LogP contribution in [0.25, 0.3) is 11.3 Å². The van der Waals surface area contributed by atoms with Gasteiger partial charge < -0.3 is 4.74 Å². The van der Waals surface area contributed by atoms with Crippen LogP contribution in [0.3, 0.4) is 0 Å². The van der Waals surface area contributed by atoms with Crippen molar-refractivity contribution >= 4 is 0 Å². The van der Waals surface area contributed by atoms with E-state index in [-0.39, 0.29) is 12.0 Å². The molecule has 0 spiro atoms. The molecule has 1 fully saturated rings. The van der Waals surface area contributed by atoms with Gasteiger partial charge in [-0.1, -0.05) is 18.2 Å². The number of pyridine rings is 1. The highest BCUT2D eigenvalue weighted by Crippen LogP contribution is 2.42. The van der Waals surface area contributed by atoms with E-state index < -0.39 is 11.7 Å². The maximum atomic E-state index is 13.7. The summed E-state index contributed by atoms with van der Waals surface area (Å²) < 4.78 is 48.2. The topological polar surface area (TPSA) is 43.2 Å². The predicted octanol–water partition coefficient (Wildman–Crippen LogP) is 4.56. The molecule has 0 bridgehead atoms. The normalized spacial score (nSPS) is 19.8. The van der Waals surface area contributed by atoms with E-state index in [2.05, 4.69) is 9.88 Å². The molecule has 0 N–H and O–H groups in total. The van der Waals surface area contributed by atoms with Crippen molar-refractivity contribution < 1.29 is 17.9 Å². The molecule has 31 heavy (non-hydrogen) atoms. The van der Waals surface area contributed by atoms with Gasteiger partial charge in [-0.25, -0.2) is 0 Å². The summed E-state index contributed by atoms with van der Waals surface area (Å²) in [5.74, 6) is -0.332. The van der Waals surface area contributed by atoms with E-state index >= 15 is 0 Å². The monoisotopic (exact) mass is 430 g/mol. The zero-order chi connectivity index (χ0) is 22.0. The Morgan fingerprint density at radius 2 is 1.94 bits per heavy atom. The molecule has 1 aliphatic rings. The van der Waals surface area contributed by atoms with Crippen molar-refractivity contribution in [3.63, 3.8) is 0 Å². The molecule has 2 aromatic heterocycles. The lowest BCUT2D eigenvalue weighted by Gasteiger charge is -2.23. The van der Waals surface area contributed by atoms with Crippen molar-refractivity contribution in [2.45, 2.75) is 25.1 Å². The first-order valence-corrected chi connectivity index (χ1v) is 10.2. The van der Waals surface area contributed by atoms with E-state index in [1.54, 1.807) is 25.4 Å². The van der Waals surface area contributed by atoms with Crippen molar-refractivity contribution in [1.82, 2.24) is 19.7 Å². The van der Waals surface area contributed by atoms with Crippen LogP contribution >= 0.6 is 0 Å². The van der Waals surface area contributed by atoms with Crippen molar-refractivity contribution in [3.8, 4) is 11.3 Å². The highest BCUT2D eigenvalue weighted by atomic mass is 19.4. The molecule has 4 rings (SSSR count). The lowest BCUT2D eigenvalue weighted by atomic mass is 9.90. The third-order valence-electron chi connectivity index (χ3n) is 5.78. The van der Waals surface area contributed by atoms with Gasteiger partial charge in [-0.2, -0.15) is 18.3 Å². The number of benzene rings is 1. The van der Waals surface area contributed by atoms with Crippen molar-refractivity contribution in [2.75, 3.05) is 33.4 Å². The van der Waals surface area contributed by atoms with E-state index in [0.717, 1.165) is 17.0 Å². The molecule has 0 unspecified atom stereocenters. The number of aryl methyl sites for hydroxylation is 1. The van der Waals surface area contributed by atoms with Crippen LogP contribution in [0.4, 0.5) is 13.2 Å². The minimum atomic E-state index is -4.40. The molecular formula is C23H25F3N4O. The molecule has 0 radical (unpaired) electrons. The summed E-state index contributed by atoms with van der Waals surface area (Å²) >= 11 is 0. The van der Waals surface area contributed by atoms with Crippen LogP contribution in [0.2, 0.25) is 0 Å². The first kappa shape index (κ1) is 21.5. The molecule has 0 aliphatic carbocycles. The Kier molecular flexibility index (Phi) is 6.11. The van der Waals surface area contributed by atoms with Crippen LogP contribution in [0.1, 0.15) is 28.8 Å². The van der Waals surface area contributed by atoms with Gasteiger partial charge in [-0.3, -0.25) is 14.6 Å². The molecule has 3 aromatic rings. The molecular weight excluding hydrogens is 405 g/mol. The summed E-state index contributed by atoms with van der Waals surface area (Å²) in [6.07, 6.45) is -0.808.